The molecule has 11 heteroatoms. The molecule has 2 aromatic carbocycles. The van der Waals surface area contributed by atoms with Crippen molar-refractivity contribution in [3.8, 4) is 0 Å². The number of fused-ring (bicyclic) bond motifs is 1. The van der Waals surface area contributed by atoms with Crippen molar-refractivity contribution in [1.82, 2.24) is 10.2 Å². The van der Waals surface area contributed by atoms with Crippen LogP contribution in [0.3, 0.4) is 0 Å². The average Bonchev–Trinajstić information content (AvgIpc) is 3.23. The van der Waals surface area contributed by atoms with Crippen LogP contribution in [0.25, 0.3) is 10.8 Å². The number of halogens is 6. The molecule has 0 amide bonds. The van der Waals surface area contributed by atoms with E-state index in [0.717, 1.165) is 0 Å². The van der Waals surface area contributed by atoms with Crippen molar-refractivity contribution in [2.24, 2.45) is 0 Å². The van der Waals surface area contributed by atoms with Crippen LogP contribution in [0.4, 0.5) is 37.8 Å². The Kier molecular flexibility index (Phi) is 5.85. The van der Waals surface area contributed by atoms with Gasteiger partial charge in [0.25, 0.3) is 0 Å². The van der Waals surface area contributed by atoms with Crippen molar-refractivity contribution in [3.63, 3.8) is 0 Å². The van der Waals surface area contributed by atoms with Crippen molar-refractivity contribution >= 4 is 39.8 Å². The van der Waals surface area contributed by atoms with Gasteiger partial charge in [-0.05, 0) is 31.5 Å². The van der Waals surface area contributed by atoms with E-state index in [0.29, 0.717) is 39.9 Å². The molecule has 172 valence electrons. The lowest BCUT2D eigenvalue weighted by molar-refractivity contribution is -0.143. The van der Waals surface area contributed by atoms with Gasteiger partial charge in [0, 0.05) is 21.4 Å². The second-order valence-corrected chi connectivity index (χ2v) is 8.61. The Bertz CT molecular complexity index is 1240. The molecule has 4 rings (SSSR count). The number of allylic oxidation sites excluding steroid dienone is 2. The summed E-state index contributed by atoms with van der Waals surface area (Å²) in [5, 5.41) is 11.8. The summed E-state index contributed by atoms with van der Waals surface area (Å²) < 4.78 is 79.1. The number of nitrogens with one attached hydrogen (secondary N) is 1. The number of alkyl halides is 6. The third-order valence-electron chi connectivity index (χ3n) is 5.00. The lowest BCUT2D eigenvalue weighted by atomic mass is 10.1. The highest BCUT2D eigenvalue weighted by molar-refractivity contribution is 8.04. The van der Waals surface area contributed by atoms with E-state index in [1.54, 1.807) is 24.3 Å². The van der Waals surface area contributed by atoms with Gasteiger partial charge in [-0.1, -0.05) is 30.3 Å². The highest BCUT2D eigenvalue weighted by Gasteiger charge is 2.37. The first-order valence-electron chi connectivity index (χ1n) is 9.63. The zero-order chi connectivity index (χ0) is 24.0. The lowest BCUT2D eigenvalue weighted by Crippen LogP contribution is -2.12. The SMILES string of the molecule is CC(=O)C1=CCC(c2nnc(Nc3cc(C(F)(F)F)cc(C(F)(F)F)c3)c3ccccc23)S1. The van der Waals surface area contributed by atoms with Crippen molar-refractivity contribution in [3.05, 3.63) is 70.3 Å². The highest BCUT2D eigenvalue weighted by Crippen LogP contribution is 2.45. The fourth-order valence-corrected chi connectivity index (χ4v) is 4.62. The molecule has 1 aliphatic rings. The van der Waals surface area contributed by atoms with E-state index in [-0.39, 0.29) is 22.9 Å². The Labute approximate surface area is 188 Å². The van der Waals surface area contributed by atoms with Crippen LogP contribution in [0, 0.1) is 0 Å². The zero-order valence-electron chi connectivity index (χ0n) is 16.9. The van der Waals surface area contributed by atoms with E-state index < -0.39 is 29.2 Å². The van der Waals surface area contributed by atoms with Gasteiger partial charge < -0.3 is 5.32 Å². The zero-order valence-corrected chi connectivity index (χ0v) is 17.7. The molecule has 0 bridgehead atoms. The molecule has 1 unspecified atom stereocenters. The monoisotopic (exact) mass is 483 g/mol. The predicted molar refractivity (Wildman–Crippen MR) is 113 cm³/mol. The number of carbonyl (C=O) groups is 1. The number of hydrogen-bond donors (Lipinski definition) is 1. The summed E-state index contributed by atoms with van der Waals surface area (Å²) in [5.74, 6) is -0.0485. The minimum Gasteiger partial charge on any atom is -0.338 e. The summed E-state index contributed by atoms with van der Waals surface area (Å²) >= 11 is 1.34. The number of ketones is 1. The average molecular weight is 483 g/mol. The van der Waals surface area contributed by atoms with E-state index in [9.17, 15) is 31.1 Å². The van der Waals surface area contributed by atoms with Crippen molar-refractivity contribution < 1.29 is 31.1 Å². The third-order valence-corrected chi connectivity index (χ3v) is 6.41. The molecular formula is C22H15F6N3OS. The first kappa shape index (κ1) is 23.1. The molecule has 1 N–H and O–H groups in total. The van der Waals surface area contributed by atoms with Gasteiger partial charge in [0.2, 0.25) is 0 Å². The summed E-state index contributed by atoms with van der Waals surface area (Å²) in [6.45, 7) is 1.46. The molecule has 0 saturated carbocycles. The van der Waals surface area contributed by atoms with Crippen molar-refractivity contribution in [1.29, 1.82) is 0 Å². The Hall–Kier alpha value is -3.08. The van der Waals surface area contributed by atoms with E-state index >= 15 is 0 Å². The van der Waals surface area contributed by atoms with Crippen LogP contribution in [-0.2, 0) is 17.1 Å². The fourth-order valence-electron chi connectivity index (χ4n) is 3.48. The van der Waals surface area contributed by atoms with E-state index in [1.165, 1.54) is 18.7 Å². The maximum Gasteiger partial charge on any atom is 0.416 e. The molecule has 0 saturated heterocycles. The van der Waals surface area contributed by atoms with E-state index in [1.807, 2.05) is 6.08 Å². The number of anilines is 2. The number of hydrogen-bond acceptors (Lipinski definition) is 5. The van der Waals surface area contributed by atoms with Crippen LogP contribution < -0.4 is 5.32 Å². The molecule has 0 spiro atoms. The number of Topliss-reactive ketones (excluding diaryl/α,β-unsaturated/α-hetero) is 1. The van der Waals surface area contributed by atoms with E-state index in [4.69, 9.17) is 0 Å². The van der Waals surface area contributed by atoms with Gasteiger partial charge >= 0.3 is 12.4 Å². The molecule has 33 heavy (non-hydrogen) atoms. The van der Waals surface area contributed by atoms with Crippen molar-refractivity contribution in [2.75, 3.05) is 5.32 Å². The molecule has 0 radical (unpaired) electrons. The minimum absolute atomic E-state index is 0.0181. The topological polar surface area (TPSA) is 54.9 Å². The summed E-state index contributed by atoms with van der Waals surface area (Å²) in [7, 11) is 0. The highest BCUT2D eigenvalue weighted by atomic mass is 32.2. The molecule has 0 fully saturated rings. The Morgan fingerprint density at radius 3 is 2.12 bits per heavy atom. The minimum atomic E-state index is -4.96. The first-order valence-corrected chi connectivity index (χ1v) is 10.5. The fraction of sp³-hybridized carbons (Fsp3) is 0.227. The largest absolute Gasteiger partial charge is 0.416 e. The van der Waals surface area contributed by atoms with Gasteiger partial charge in [0.1, 0.15) is 0 Å². The summed E-state index contributed by atoms with van der Waals surface area (Å²) in [5.41, 5.74) is -2.70. The molecule has 1 atom stereocenters. The van der Waals surface area contributed by atoms with Gasteiger partial charge in [-0.15, -0.1) is 16.9 Å². The van der Waals surface area contributed by atoms with Crippen LogP contribution in [0.1, 0.15) is 35.4 Å². The second-order valence-electron chi connectivity index (χ2n) is 7.37. The summed E-state index contributed by atoms with van der Waals surface area (Å²) in [4.78, 5) is 12.3. The maximum atomic E-state index is 13.2. The summed E-state index contributed by atoms with van der Waals surface area (Å²) in [6.07, 6.45) is -7.57. The molecule has 4 nitrogen and oxygen atoms in total. The van der Waals surface area contributed by atoms with Crippen molar-refractivity contribution in [2.45, 2.75) is 30.9 Å². The molecule has 2 heterocycles. The normalized spacial score (nSPS) is 16.7. The standard InChI is InChI=1S/C22H15F6N3OS/c1-11(32)17-6-7-18(33-17)19-15-4-2-3-5-16(15)20(31-30-19)29-14-9-12(21(23,24)25)8-13(10-14)22(26,27)28/h2-6,8-10,18H,7H2,1H3,(H,29,31). The first-order chi connectivity index (χ1) is 15.4. The van der Waals surface area contributed by atoms with Crippen LogP contribution in [0.15, 0.2) is 53.4 Å². The Balaban J connectivity index is 1.75. The maximum absolute atomic E-state index is 13.2. The van der Waals surface area contributed by atoms with Gasteiger partial charge in [0.05, 0.1) is 22.1 Å². The van der Waals surface area contributed by atoms with Gasteiger partial charge in [0.15, 0.2) is 11.6 Å². The van der Waals surface area contributed by atoms with Crippen LogP contribution in [0.5, 0.6) is 0 Å². The number of benzene rings is 2. The third kappa shape index (κ3) is 4.82. The number of nitrogens with zero attached hydrogens (tertiary/aromatic N) is 2. The molecule has 0 aliphatic carbocycles. The Morgan fingerprint density at radius 1 is 0.970 bits per heavy atom. The summed E-state index contributed by atoms with van der Waals surface area (Å²) in [6, 6.07) is 8.05. The van der Waals surface area contributed by atoms with Crippen LogP contribution in [-0.4, -0.2) is 16.0 Å². The smallest absolute Gasteiger partial charge is 0.338 e. The van der Waals surface area contributed by atoms with Gasteiger partial charge in [-0.3, -0.25) is 4.79 Å². The number of carbonyl (C=O) groups excluding carboxylic acids is 1. The second kappa shape index (κ2) is 8.36. The molecular weight excluding hydrogens is 468 g/mol. The van der Waals surface area contributed by atoms with Crippen LogP contribution >= 0.6 is 11.8 Å². The van der Waals surface area contributed by atoms with E-state index in [2.05, 4.69) is 15.5 Å². The lowest BCUT2D eigenvalue weighted by Gasteiger charge is -2.17. The molecule has 1 aromatic heterocycles. The number of rotatable bonds is 4. The number of aromatic nitrogens is 2. The van der Waals surface area contributed by atoms with Gasteiger partial charge in [-0.2, -0.15) is 31.4 Å². The van der Waals surface area contributed by atoms with Crippen LogP contribution in [0.2, 0.25) is 0 Å². The molecule has 1 aliphatic heterocycles. The number of thioether (sulfide) groups is 1. The predicted octanol–water partition coefficient (Wildman–Crippen LogP) is 7.06. The molecule has 3 aromatic rings. The van der Waals surface area contributed by atoms with Gasteiger partial charge in [-0.25, -0.2) is 0 Å². The quantitative estimate of drug-likeness (QED) is 0.403. The Morgan fingerprint density at radius 2 is 1.58 bits per heavy atom.